The van der Waals surface area contributed by atoms with Crippen molar-refractivity contribution in [1.82, 2.24) is 4.90 Å². The molecule has 0 aromatic heterocycles. The predicted molar refractivity (Wildman–Crippen MR) is 69.9 cm³/mol. The van der Waals surface area contributed by atoms with E-state index < -0.39 is 4.92 Å². The molecule has 0 bridgehead atoms. The molecular weight excluding hydrogens is 242 g/mol. The molecule has 0 amide bonds. The van der Waals surface area contributed by atoms with Crippen LogP contribution in [0.3, 0.4) is 0 Å². The fourth-order valence-electron chi connectivity index (χ4n) is 1.44. The van der Waals surface area contributed by atoms with Gasteiger partial charge in [-0.3, -0.25) is 10.1 Å². The number of nitrogens with zero attached hydrogens (tertiary/aromatic N) is 3. The zero-order valence-electron chi connectivity index (χ0n) is 10.2. The van der Waals surface area contributed by atoms with Crippen molar-refractivity contribution in [3.63, 3.8) is 0 Å². The van der Waals surface area contributed by atoms with E-state index in [2.05, 4.69) is 0 Å². The van der Waals surface area contributed by atoms with Gasteiger partial charge in [-0.15, -0.1) is 0 Å². The van der Waals surface area contributed by atoms with Crippen molar-refractivity contribution >= 4 is 23.0 Å². The Morgan fingerprint density at radius 3 is 2.47 bits per heavy atom. The smallest absolute Gasteiger partial charge is 0.294 e. The van der Waals surface area contributed by atoms with Crippen LogP contribution in [-0.4, -0.2) is 44.1 Å². The summed E-state index contributed by atoms with van der Waals surface area (Å²) in [6, 6.07) is 4.72. The molecule has 0 radical (unpaired) electrons. The van der Waals surface area contributed by atoms with Crippen molar-refractivity contribution < 1.29 is 4.92 Å². The predicted octanol–water partition coefficient (Wildman–Crippen LogP) is 2.25. The molecule has 0 N–H and O–H groups in total. The summed E-state index contributed by atoms with van der Waals surface area (Å²) in [5, 5.41) is 11.3. The monoisotopic (exact) mass is 257 g/mol. The van der Waals surface area contributed by atoms with Gasteiger partial charge < -0.3 is 9.80 Å². The number of benzene rings is 1. The summed E-state index contributed by atoms with van der Waals surface area (Å²) in [5.74, 6) is 0. The van der Waals surface area contributed by atoms with Gasteiger partial charge in [-0.1, -0.05) is 11.6 Å². The molecule has 0 atom stereocenters. The maximum Gasteiger partial charge on any atom is 0.294 e. The highest BCUT2D eigenvalue weighted by Gasteiger charge is 2.17. The number of likely N-dealkylation sites (N-methyl/N-ethyl adjacent to an activating group) is 2. The minimum absolute atomic E-state index is 0.0405. The van der Waals surface area contributed by atoms with E-state index >= 15 is 0 Å². The fraction of sp³-hybridized carbons (Fsp3) is 0.455. The molecule has 0 saturated heterocycles. The van der Waals surface area contributed by atoms with Crippen molar-refractivity contribution in [2.75, 3.05) is 39.1 Å². The summed E-state index contributed by atoms with van der Waals surface area (Å²) in [7, 11) is 5.76. The first-order chi connectivity index (χ1) is 7.91. The Morgan fingerprint density at radius 2 is 1.94 bits per heavy atom. The molecule has 0 aliphatic rings. The Morgan fingerprint density at radius 1 is 1.29 bits per heavy atom. The van der Waals surface area contributed by atoms with Crippen LogP contribution in [0.4, 0.5) is 11.4 Å². The Bertz CT molecular complexity index is 410. The number of hydrogen-bond acceptors (Lipinski definition) is 4. The molecule has 0 spiro atoms. The van der Waals surface area contributed by atoms with Crippen LogP contribution in [0.25, 0.3) is 0 Å². The van der Waals surface area contributed by atoms with Crippen molar-refractivity contribution in [3.8, 4) is 0 Å². The zero-order chi connectivity index (χ0) is 13.0. The lowest BCUT2D eigenvalue weighted by atomic mass is 10.2. The summed E-state index contributed by atoms with van der Waals surface area (Å²) in [6.45, 7) is 1.55. The van der Waals surface area contributed by atoms with E-state index in [1.54, 1.807) is 12.1 Å². The minimum Gasteiger partial charge on any atom is -0.368 e. The number of nitro groups is 1. The van der Waals surface area contributed by atoms with Crippen molar-refractivity contribution in [1.29, 1.82) is 0 Å². The van der Waals surface area contributed by atoms with Gasteiger partial charge in [0, 0.05) is 31.2 Å². The van der Waals surface area contributed by atoms with Crippen LogP contribution in [0.2, 0.25) is 5.02 Å². The van der Waals surface area contributed by atoms with Crippen LogP contribution in [0, 0.1) is 10.1 Å². The van der Waals surface area contributed by atoms with Crippen LogP contribution in [0.1, 0.15) is 0 Å². The third kappa shape index (κ3) is 3.87. The summed E-state index contributed by atoms with van der Waals surface area (Å²) in [4.78, 5) is 14.4. The van der Waals surface area contributed by atoms with E-state index in [0.29, 0.717) is 10.7 Å². The highest BCUT2D eigenvalue weighted by molar-refractivity contribution is 6.30. The van der Waals surface area contributed by atoms with E-state index in [-0.39, 0.29) is 5.69 Å². The molecule has 0 unspecified atom stereocenters. The third-order valence-corrected chi connectivity index (χ3v) is 2.66. The molecule has 94 valence electrons. The number of anilines is 1. The average molecular weight is 258 g/mol. The standard InChI is InChI=1S/C11H16ClN3O2/c1-13(2)6-7-14(3)10-5-4-9(12)8-11(10)15(16)17/h4-5,8H,6-7H2,1-3H3. The lowest BCUT2D eigenvalue weighted by Crippen LogP contribution is -2.28. The van der Waals surface area contributed by atoms with Gasteiger partial charge in [-0.05, 0) is 26.2 Å². The van der Waals surface area contributed by atoms with E-state index in [0.717, 1.165) is 13.1 Å². The van der Waals surface area contributed by atoms with Gasteiger partial charge in [-0.2, -0.15) is 0 Å². The molecule has 0 fully saturated rings. The van der Waals surface area contributed by atoms with E-state index in [1.807, 2.05) is 30.9 Å². The molecule has 6 heteroatoms. The van der Waals surface area contributed by atoms with Crippen LogP contribution in [0.5, 0.6) is 0 Å². The first-order valence-corrected chi connectivity index (χ1v) is 5.59. The van der Waals surface area contributed by atoms with Crippen LogP contribution in [-0.2, 0) is 0 Å². The molecule has 0 aliphatic heterocycles. The Hall–Kier alpha value is -1.33. The maximum atomic E-state index is 10.9. The summed E-state index contributed by atoms with van der Waals surface area (Å²) >= 11 is 5.76. The van der Waals surface area contributed by atoms with Gasteiger partial charge in [0.2, 0.25) is 0 Å². The number of rotatable bonds is 5. The normalized spacial score (nSPS) is 10.6. The largest absolute Gasteiger partial charge is 0.368 e. The molecular formula is C11H16ClN3O2. The average Bonchev–Trinajstić information content (AvgIpc) is 2.25. The summed E-state index contributed by atoms with van der Waals surface area (Å²) in [5.41, 5.74) is 0.625. The zero-order valence-corrected chi connectivity index (χ0v) is 10.9. The van der Waals surface area contributed by atoms with Crippen LogP contribution in [0.15, 0.2) is 18.2 Å². The van der Waals surface area contributed by atoms with Crippen LogP contribution >= 0.6 is 11.6 Å². The van der Waals surface area contributed by atoms with Crippen LogP contribution < -0.4 is 4.90 Å². The van der Waals surface area contributed by atoms with Gasteiger partial charge >= 0.3 is 0 Å². The lowest BCUT2D eigenvalue weighted by Gasteiger charge is -2.21. The quantitative estimate of drug-likeness (QED) is 0.600. The Balaban J connectivity index is 2.92. The van der Waals surface area contributed by atoms with Gasteiger partial charge in [0.05, 0.1) is 4.92 Å². The maximum absolute atomic E-state index is 10.9. The highest BCUT2D eigenvalue weighted by atomic mass is 35.5. The van der Waals surface area contributed by atoms with Crippen molar-refractivity contribution in [2.45, 2.75) is 0 Å². The molecule has 0 heterocycles. The lowest BCUT2D eigenvalue weighted by molar-refractivity contribution is -0.384. The first-order valence-electron chi connectivity index (χ1n) is 5.21. The van der Waals surface area contributed by atoms with Crippen molar-refractivity contribution in [2.24, 2.45) is 0 Å². The SMILES string of the molecule is CN(C)CCN(C)c1ccc(Cl)cc1[N+](=O)[O-]. The number of nitro benzene ring substituents is 1. The Labute approximate surface area is 106 Å². The summed E-state index contributed by atoms with van der Waals surface area (Å²) < 4.78 is 0. The summed E-state index contributed by atoms with van der Waals surface area (Å²) in [6.07, 6.45) is 0. The van der Waals surface area contributed by atoms with E-state index in [1.165, 1.54) is 6.07 Å². The molecule has 0 saturated carbocycles. The van der Waals surface area contributed by atoms with Crippen molar-refractivity contribution in [3.05, 3.63) is 33.3 Å². The highest BCUT2D eigenvalue weighted by Crippen LogP contribution is 2.30. The molecule has 5 nitrogen and oxygen atoms in total. The van der Waals surface area contributed by atoms with Gasteiger partial charge in [0.15, 0.2) is 0 Å². The number of halogens is 1. The van der Waals surface area contributed by atoms with Gasteiger partial charge in [-0.25, -0.2) is 0 Å². The van der Waals surface area contributed by atoms with Gasteiger partial charge in [0.1, 0.15) is 5.69 Å². The Kier molecular flexibility index (Phi) is 4.72. The van der Waals surface area contributed by atoms with Gasteiger partial charge in [0.25, 0.3) is 5.69 Å². The second-order valence-electron chi connectivity index (χ2n) is 4.11. The molecule has 17 heavy (non-hydrogen) atoms. The minimum atomic E-state index is -0.409. The molecule has 1 aromatic rings. The van der Waals surface area contributed by atoms with E-state index in [9.17, 15) is 10.1 Å². The fourth-order valence-corrected chi connectivity index (χ4v) is 1.60. The molecule has 0 aliphatic carbocycles. The second-order valence-corrected chi connectivity index (χ2v) is 4.55. The topological polar surface area (TPSA) is 49.6 Å². The first kappa shape index (κ1) is 13.7. The third-order valence-electron chi connectivity index (χ3n) is 2.43. The molecule has 1 aromatic carbocycles. The van der Waals surface area contributed by atoms with E-state index in [4.69, 9.17) is 11.6 Å². The molecule has 1 rings (SSSR count). The number of hydrogen-bond donors (Lipinski definition) is 0. The second kappa shape index (κ2) is 5.84.